The van der Waals surface area contributed by atoms with E-state index in [0.717, 1.165) is 11.5 Å². The molecule has 3 nitrogen and oxygen atoms in total. The van der Waals surface area contributed by atoms with Crippen LogP contribution in [0.15, 0.2) is 17.8 Å². The SMILES string of the molecule is c1cn2cc(CN3CCC3)nc2s1. The van der Waals surface area contributed by atoms with Gasteiger partial charge in [0.05, 0.1) is 5.69 Å². The summed E-state index contributed by atoms with van der Waals surface area (Å²) >= 11 is 1.69. The van der Waals surface area contributed by atoms with Crippen molar-refractivity contribution in [3.05, 3.63) is 23.5 Å². The Morgan fingerprint density at radius 2 is 2.38 bits per heavy atom. The maximum Gasteiger partial charge on any atom is 0.193 e. The van der Waals surface area contributed by atoms with Crippen LogP contribution >= 0.6 is 11.3 Å². The minimum absolute atomic E-state index is 1.02. The van der Waals surface area contributed by atoms with E-state index in [-0.39, 0.29) is 0 Å². The molecule has 1 fully saturated rings. The molecule has 1 aliphatic heterocycles. The van der Waals surface area contributed by atoms with Gasteiger partial charge in [-0.15, -0.1) is 11.3 Å². The summed E-state index contributed by atoms with van der Waals surface area (Å²) in [5.74, 6) is 0. The Kier molecular flexibility index (Phi) is 1.63. The number of fused-ring (bicyclic) bond motifs is 1. The number of aromatic nitrogens is 2. The van der Waals surface area contributed by atoms with E-state index in [1.54, 1.807) is 11.3 Å². The Labute approximate surface area is 80.6 Å². The van der Waals surface area contributed by atoms with Gasteiger partial charge in [0.25, 0.3) is 0 Å². The normalized spacial score (nSPS) is 17.8. The van der Waals surface area contributed by atoms with Gasteiger partial charge in [-0.05, 0) is 19.5 Å². The third-order valence-corrected chi connectivity index (χ3v) is 3.25. The summed E-state index contributed by atoms with van der Waals surface area (Å²) < 4.78 is 2.10. The molecular weight excluding hydrogens is 182 g/mol. The van der Waals surface area contributed by atoms with Crippen molar-refractivity contribution in [3.8, 4) is 0 Å². The molecule has 0 unspecified atom stereocenters. The number of hydrogen-bond donors (Lipinski definition) is 0. The van der Waals surface area contributed by atoms with Crippen LogP contribution < -0.4 is 0 Å². The smallest absolute Gasteiger partial charge is 0.193 e. The highest BCUT2D eigenvalue weighted by Gasteiger charge is 2.15. The lowest BCUT2D eigenvalue weighted by Gasteiger charge is -2.29. The first kappa shape index (κ1) is 7.53. The molecule has 0 saturated carbocycles. The molecule has 2 aromatic heterocycles. The molecule has 0 amide bonds. The molecule has 3 rings (SSSR count). The van der Waals surface area contributed by atoms with Crippen LogP contribution in [0.2, 0.25) is 0 Å². The third-order valence-electron chi connectivity index (χ3n) is 2.48. The van der Waals surface area contributed by atoms with E-state index in [2.05, 4.69) is 32.1 Å². The van der Waals surface area contributed by atoms with Gasteiger partial charge in [-0.3, -0.25) is 9.30 Å². The zero-order valence-electron chi connectivity index (χ0n) is 7.31. The summed E-state index contributed by atoms with van der Waals surface area (Å²) in [6.45, 7) is 3.50. The molecule has 1 saturated heterocycles. The third kappa shape index (κ3) is 1.26. The number of nitrogens with zero attached hydrogens (tertiary/aromatic N) is 3. The van der Waals surface area contributed by atoms with Crippen molar-refractivity contribution < 1.29 is 0 Å². The van der Waals surface area contributed by atoms with Gasteiger partial charge in [0.15, 0.2) is 4.96 Å². The fourth-order valence-corrected chi connectivity index (χ4v) is 2.34. The van der Waals surface area contributed by atoms with Crippen LogP contribution in [0.4, 0.5) is 0 Å². The Bertz CT molecular complexity index is 385. The van der Waals surface area contributed by atoms with Crippen molar-refractivity contribution >= 4 is 16.3 Å². The molecule has 0 spiro atoms. The van der Waals surface area contributed by atoms with Crippen LogP contribution in [0.1, 0.15) is 12.1 Å². The second-order valence-electron chi connectivity index (χ2n) is 3.45. The van der Waals surface area contributed by atoms with Gasteiger partial charge in [-0.1, -0.05) is 0 Å². The monoisotopic (exact) mass is 193 g/mol. The molecule has 0 radical (unpaired) electrons. The van der Waals surface area contributed by atoms with Crippen LogP contribution in [0.25, 0.3) is 4.96 Å². The molecule has 0 bridgehead atoms. The Morgan fingerprint density at radius 1 is 1.46 bits per heavy atom. The fraction of sp³-hybridized carbons (Fsp3) is 0.444. The van der Waals surface area contributed by atoms with E-state index < -0.39 is 0 Å². The standard InChI is InChI=1S/C9H11N3S/c1-2-11(3-1)6-8-7-12-4-5-13-9(12)10-8/h4-5,7H,1-3,6H2. The molecule has 0 aliphatic carbocycles. The predicted octanol–water partition coefficient (Wildman–Crippen LogP) is 1.60. The zero-order valence-corrected chi connectivity index (χ0v) is 8.13. The summed E-state index contributed by atoms with van der Waals surface area (Å²) in [4.78, 5) is 8.06. The van der Waals surface area contributed by atoms with Gasteiger partial charge >= 0.3 is 0 Å². The van der Waals surface area contributed by atoms with Crippen molar-refractivity contribution in [2.24, 2.45) is 0 Å². The lowest BCUT2D eigenvalue weighted by molar-refractivity contribution is 0.171. The zero-order chi connectivity index (χ0) is 8.67. The largest absolute Gasteiger partial charge is 0.297 e. The van der Waals surface area contributed by atoms with Crippen LogP contribution in [0.5, 0.6) is 0 Å². The van der Waals surface area contributed by atoms with Crippen molar-refractivity contribution in [1.29, 1.82) is 0 Å². The van der Waals surface area contributed by atoms with Gasteiger partial charge in [0.2, 0.25) is 0 Å². The number of likely N-dealkylation sites (tertiary alicyclic amines) is 1. The van der Waals surface area contributed by atoms with Crippen molar-refractivity contribution in [3.63, 3.8) is 0 Å². The Balaban J connectivity index is 1.85. The van der Waals surface area contributed by atoms with E-state index in [1.165, 1.54) is 25.2 Å². The maximum absolute atomic E-state index is 4.53. The van der Waals surface area contributed by atoms with Crippen LogP contribution in [0, 0.1) is 0 Å². The van der Waals surface area contributed by atoms with Crippen molar-refractivity contribution in [2.45, 2.75) is 13.0 Å². The van der Waals surface area contributed by atoms with Gasteiger partial charge in [0, 0.05) is 24.3 Å². The summed E-state index contributed by atoms with van der Waals surface area (Å²) in [6.07, 6.45) is 5.54. The molecule has 68 valence electrons. The summed E-state index contributed by atoms with van der Waals surface area (Å²) in [7, 11) is 0. The lowest BCUT2D eigenvalue weighted by Crippen LogP contribution is -2.36. The summed E-state index contributed by atoms with van der Waals surface area (Å²) in [5.41, 5.74) is 1.20. The molecule has 0 atom stereocenters. The summed E-state index contributed by atoms with van der Waals surface area (Å²) in [6, 6.07) is 0. The van der Waals surface area contributed by atoms with E-state index in [4.69, 9.17) is 0 Å². The maximum atomic E-state index is 4.53. The number of thiazole rings is 1. The molecular formula is C9H11N3S. The number of imidazole rings is 1. The molecule has 3 heterocycles. The first-order valence-corrected chi connectivity index (χ1v) is 5.43. The van der Waals surface area contributed by atoms with Crippen LogP contribution in [-0.2, 0) is 6.54 Å². The van der Waals surface area contributed by atoms with E-state index in [1.807, 2.05) is 0 Å². The van der Waals surface area contributed by atoms with E-state index in [9.17, 15) is 0 Å². The van der Waals surface area contributed by atoms with Crippen LogP contribution in [-0.4, -0.2) is 27.4 Å². The second-order valence-corrected chi connectivity index (χ2v) is 4.33. The average Bonchev–Trinajstić information content (AvgIpc) is 2.54. The molecule has 0 N–H and O–H groups in total. The van der Waals surface area contributed by atoms with Crippen LogP contribution in [0.3, 0.4) is 0 Å². The van der Waals surface area contributed by atoms with Crippen molar-refractivity contribution in [2.75, 3.05) is 13.1 Å². The highest BCUT2D eigenvalue weighted by molar-refractivity contribution is 7.15. The topological polar surface area (TPSA) is 20.5 Å². The van der Waals surface area contributed by atoms with E-state index in [0.29, 0.717) is 0 Å². The molecule has 2 aromatic rings. The molecule has 0 aromatic carbocycles. The Hall–Kier alpha value is -0.870. The minimum atomic E-state index is 1.02. The van der Waals surface area contributed by atoms with E-state index >= 15 is 0 Å². The first-order valence-electron chi connectivity index (χ1n) is 4.55. The minimum Gasteiger partial charge on any atom is -0.297 e. The van der Waals surface area contributed by atoms with Gasteiger partial charge in [-0.25, -0.2) is 4.98 Å². The average molecular weight is 193 g/mol. The Morgan fingerprint density at radius 3 is 3.08 bits per heavy atom. The highest BCUT2D eigenvalue weighted by atomic mass is 32.1. The number of hydrogen-bond acceptors (Lipinski definition) is 3. The van der Waals surface area contributed by atoms with Crippen molar-refractivity contribution in [1.82, 2.24) is 14.3 Å². The highest BCUT2D eigenvalue weighted by Crippen LogP contribution is 2.15. The van der Waals surface area contributed by atoms with Gasteiger partial charge in [0.1, 0.15) is 0 Å². The predicted molar refractivity (Wildman–Crippen MR) is 53.0 cm³/mol. The second kappa shape index (κ2) is 2.82. The quantitative estimate of drug-likeness (QED) is 0.722. The summed E-state index contributed by atoms with van der Waals surface area (Å²) in [5, 5.41) is 2.07. The van der Waals surface area contributed by atoms with Gasteiger partial charge < -0.3 is 0 Å². The first-order chi connectivity index (χ1) is 6.42. The molecule has 1 aliphatic rings. The number of rotatable bonds is 2. The van der Waals surface area contributed by atoms with Gasteiger partial charge in [-0.2, -0.15) is 0 Å². The fourth-order valence-electron chi connectivity index (χ4n) is 1.62. The molecule has 4 heteroatoms. The lowest BCUT2D eigenvalue weighted by atomic mass is 10.2. The molecule has 13 heavy (non-hydrogen) atoms.